The van der Waals surface area contributed by atoms with Gasteiger partial charge in [0.25, 0.3) is 5.91 Å². The van der Waals surface area contributed by atoms with E-state index >= 15 is 0 Å². The Labute approximate surface area is 260 Å². The number of rotatable bonds is 11. The van der Waals surface area contributed by atoms with Gasteiger partial charge in [0.15, 0.2) is 5.43 Å². The van der Waals surface area contributed by atoms with E-state index in [-0.39, 0.29) is 49.7 Å². The first-order chi connectivity index (χ1) is 21.7. The van der Waals surface area contributed by atoms with Crippen LogP contribution in [0.3, 0.4) is 0 Å². The van der Waals surface area contributed by atoms with Crippen molar-refractivity contribution in [3.05, 3.63) is 117 Å². The molecule has 3 aromatic carbocycles. The first kappa shape index (κ1) is 34.2. The van der Waals surface area contributed by atoms with Gasteiger partial charge < -0.3 is 19.0 Å². The molecule has 0 saturated carbocycles. The molecular formula is C33H30F6N2O5. The van der Waals surface area contributed by atoms with Gasteiger partial charge in [0, 0.05) is 32.4 Å². The summed E-state index contributed by atoms with van der Waals surface area (Å²) in [5.41, 5.74) is -2.62. The fourth-order valence-corrected chi connectivity index (χ4v) is 4.81. The number of aryl methyl sites for hydroxylation is 1. The molecule has 244 valence electrons. The Morgan fingerprint density at radius 1 is 0.848 bits per heavy atom. The van der Waals surface area contributed by atoms with Crippen LogP contribution in [0.1, 0.15) is 44.6 Å². The van der Waals surface area contributed by atoms with E-state index in [4.69, 9.17) is 9.15 Å². The van der Waals surface area contributed by atoms with Gasteiger partial charge in [0.05, 0.1) is 34.9 Å². The average molecular weight is 649 g/mol. The van der Waals surface area contributed by atoms with Gasteiger partial charge >= 0.3 is 12.4 Å². The lowest BCUT2D eigenvalue weighted by atomic mass is 10.0. The molecule has 46 heavy (non-hydrogen) atoms. The van der Waals surface area contributed by atoms with Crippen LogP contribution in [0, 0.1) is 6.92 Å². The fraction of sp³-hybridized carbons (Fsp3) is 0.303. The van der Waals surface area contributed by atoms with Gasteiger partial charge in [-0.1, -0.05) is 42.0 Å². The maximum Gasteiger partial charge on any atom is 0.416 e. The summed E-state index contributed by atoms with van der Waals surface area (Å²) in [7, 11) is 1.37. The van der Waals surface area contributed by atoms with Crippen molar-refractivity contribution in [3.63, 3.8) is 0 Å². The Bertz CT molecular complexity index is 1720. The molecule has 2 amide bonds. The minimum atomic E-state index is -5.17. The topological polar surface area (TPSA) is 80.1 Å². The van der Waals surface area contributed by atoms with E-state index in [1.807, 2.05) is 0 Å². The van der Waals surface area contributed by atoms with Crippen molar-refractivity contribution in [2.75, 3.05) is 26.8 Å². The van der Waals surface area contributed by atoms with Crippen LogP contribution in [0.4, 0.5) is 26.3 Å². The summed E-state index contributed by atoms with van der Waals surface area (Å²) < 4.78 is 91.8. The summed E-state index contributed by atoms with van der Waals surface area (Å²) >= 11 is 0. The molecule has 4 aromatic rings. The largest absolute Gasteiger partial charge is 0.464 e. The second-order valence-corrected chi connectivity index (χ2v) is 10.7. The maximum atomic E-state index is 13.8. The van der Waals surface area contributed by atoms with Crippen LogP contribution in [0.2, 0.25) is 0 Å². The predicted molar refractivity (Wildman–Crippen MR) is 157 cm³/mol. The standard InChI is InChI=1S/C33H30F6N2O5/c1-21-9-10-28-27(13-21)30(43)24(20-46-28)18-41(17-22-7-4-3-5-8-22)29(42)19-40(11-6-12-45-2)31(44)23-14-25(32(34,35)36)16-26(15-23)33(37,38)39/h3-5,7-10,13-16,20H,6,11-12,17-19H2,1-2H3. The lowest BCUT2D eigenvalue weighted by Gasteiger charge is -2.28. The van der Waals surface area contributed by atoms with Gasteiger partial charge in [-0.3, -0.25) is 14.4 Å². The van der Waals surface area contributed by atoms with Crippen molar-refractivity contribution in [1.29, 1.82) is 0 Å². The SMILES string of the molecule is COCCCN(CC(=O)N(Cc1ccccc1)Cc1coc2ccc(C)cc2c1=O)C(=O)c1cc(C(F)(F)F)cc(C(F)(F)F)c1. The zero-order chi connectivity index (χ0) is 33.6. The van der Waals surface area contributed by atoms with Crippen LogP contribution in [-0.2, 0) is 35.0 Å². The summed E-state index contributed by atoms with van der Waals surface area (Å²) in [6, 6.07) is 14.3. The molecule has 13 heteroatoms. The molecular weight excluding hydrogens is 618 g/mol. The molecule has 0 aliphatic heterocycles. The molecule has 0 N–H and O–H groups in total. The van der Waals surface area contributed by atoms with Gasteiger partial charge in [-0.25, -0.2) is 0 Å². The Balaban J connectivity index is 1.70. The maximum absolute atomic E-state index is 13.8. The number of amides is 2. The van der Waals surface area contributed by atoms with E-state index in [0.717, 1.165) is 10.5 Å². The lowest BCUT2D eigenvalue weighted by Crippen LogP contribution is -2.43. The van der Waals surface area contributed by atoms with Crippen LogP contribution in [0.5, 0.6) is 0 Å². The number of carbonyl (C=O) groups is 2. The number of nitrogens with zero attached hydrogens (tertiary/aromatic N) is 2. The molecule has 7 nitrogen and oxygen atoms in total. The smallest absolute Gasteiger partial charge is 0.416 e. The molecule has 1 aromatic heterocycles. The van der Waals surface area contributed by atoms with Crippen LogP contribution < -0.4 is 5.43 Å². The Hall–Kier alpha value is -4.65. The number of ether oxygens (including phenoxy) is 1. The van der Waals surface area contributed by atoms with E-state index in [1.165, 1.54) is 18.3 Å². The number of methoxy groups -OCH3 is 1. The Morgan fingerprint density at radius 3 is 2.11 bits per heavy atom. The Morgan fingerprint density at radius 2 is 1.50 bits per heavy atom. The molecule has 0 bridgehead atoms. The van der Waals surface area contributed by atoms with Gasteiger partial charge in [-0.15, -0.1) is 0 Å². The van der Waals surface area contributed by atoms with E-state index in [1.54, 1.807) is 55.5 Å². The molecule has 0 aliphatic carbocycles. The van der Waals surface area contributed by atoms with Crippen molar-refractivity contribution in [3.8, 4) is 0 Å². The second-order valence-electron chi connectivity index (χ2n) is 10.7. The molecule has 0 radical (unpaired) electrons. The van der Waals surface area contributed by atoms with Crippen molar-refractivity contribution in [1.82, 2.24) is 9.80 Å². The predicted octanol–water partition coefficient (Wildman–Crippen LogP) is 6.85. The third-order valence-electron chi connectivity index (χ3n) is 7.15. The Kier molecular flexibility index (Phi) is 10.6. The van der Waals surface area contributed by atoms with Gasteiger partial charge in [-0.2, -0.15) is 26.3 Å². The minimum absolute atomic E-state index is 0.0210. The van der Waals surface area contributed by atoms with Crippen molar-refractivity contribution < 1.29 is 45.1 Å². The molecule has 4 rings (SSSR count). The number of alkyl halides is 6. The minimum Gasteiger partial charge on any atom is -0.464 e. The third kappa shape index (κ3) is 8.53. The lowest BCUT2D eigenvalue weighted by molar-refractivity contribution is -0.143. The van der Waals surface area contributed by atoms with Gasteiger partial charge in [-0.05, 0) is 49.2 Å². The van der Waals surface area contributed by atoms with E-state index in [0.29, 0.717) is 28.7 Å². The number of fused-ring (bicyclic) bond motifs is 1. The van der Waals surface area contributed by atoms with E-state index in [9.17, 15) is 40.7 Å². The highest BCUT2D eigenvalue weighted by molar-refractivity contribution is 5.97. The molecule has 0 unspecified atom stereocenters. The quantitative estimate of drug-likeness (QED) is 0.131. The summed E-state index contributed by atoms with van der Waals surface area (Å²) in [5, 5.41) is 0.297. The fourth-order valence-electron chi connectivity index (χ4n) is 4.81. The normalized spacial score (nSPS) is 11.9. The van der Waals surface area contributed by atoms with Gasteiger partial charge in [0.1, 0.15) is 12.1 Å². The van der Waals surface area contributed by atoms with Gasteiger partial charge in [0.2, 0.25) is 5.91 Å². The summed E-state index contributed by atoms with van der Waals surface area (Å²) in [6.07, 6.45) is -8.97. The highest BCUT2D eigenvalue weighted by atomic mass is 19.4. The summed E-state index contributed by atoms with van der Waals surface area (Å²) in [5.74, 6) is -1.91. The summed E-state index contributed by atoms with van der Waals surface area (Å²) in [6.45, 7) is 0.708. The van der Waals surface area contributed by atoms with Crippen LogP contribution in [0.25, 0.3) is 11.0 Å². The highest BCUT2D eigenvalue weighted by Crippen LogP contribution is 2.36. The third-order valence-corrected chi connectivity index (χ3v) is 7.15. The number of hydrogen-bond donors (Lipinski definition) is 0. The van der Waals surface area contributed by atoms with E-state index in [2.05, 4.69) is 0 Å². The number of benzene rings is 3. The van der Waals surface area contributed by atoms with Crippen LogP contribution >= 0.6 is 0 Å². The zero-order valence-corrected chi connectivity index (χ0v) is 24.9. The molecule has 0 atom stereocenters. The van der Waals surface area contributed by atoms with Crippen LogP contribution in [-0.4, -0.2) is 48.4 Å². The van der Waals surface area contributed by atoms with Crippen molar-refractivity contribution in [2.24, 2.45) is 0 Å². The molecule has 0 spiro atoms. The molecule has 0 fully saturated rings. The monoisotopic (exact) mass is 648 g/mol. The van der Waals surface area contributed by atoms with E-state index < -0.39 is 47.4 Å². The average Bonchev–Trinajstić information content (AvgIpc) is 3.00. The first-order valence-corrected chi connectivity index (χ1v) is 14.1. The number of hydrogen-bond acceptors (Lipinski definition) is 5. The second kappa shape index (κ2) is 14.2. The van der Waals surface area contributed by atoms with Crippen LogP contribution in [0.15, 0.2) is 82.2 Å². The molecule has 0 saturated heterocycles. The molecule has 0 aliphatic rings. The highest BCUT2D eigenvalue weighted by Gasteiger charge is 2.38. The molecule has 1 heterocycles. The number of carbonyl (C=O) groups excluding carboxylic acids is 2. The van der Waals surface area contributed by atoms with Crippen molar-refractivity contribution in [2.45, 2.75) is 38.8 Å². The van der Waals surface area contributed by atoms with Crippen molar-refractivity contribution >= 4 is 22.8 Å². The first-order valence-electron chi connectivity index (χ1n) is 14.1. The zero-order valence-electron chi connectivity index (χ0n) is 24.9. The summed E-state index contributed by atoms with van der Waals surface area (Å²) in [4.78, 5) is 42.8. The number of halogens is 6.